The van der Waals surface area contributed by atoms with Crippen LogP contribution in [-0.2, 0) is 4.79 Å². The van der Waals surface area contributed by atoms with Crippen LogP contribution in [0, 0.1) is 0 Å². The third-order valence-corrected chi connectivity index (χ3v) is 2.65. The molecule has 0 unspecified atom stereocenters. The van der Waals surface area contributed by atoms with Crippen LogP contribution in [0.15, 0.2) is 24.3 Å². The number of benzene rings is 1. The third-order valence-electron chi connectivity index (χ3n) is 2.33. The van der Waals surface area contributed by atoms with Gasteiger partial charge in [0.1, 0.15) is 5.75 Å². The van der Waals surface area contributed by atoms with Gasteiger partial charge in [0, 0.05) is 0 Å². The second-order valence-corrected chi connectivity index (χ2v) is 4.55. The third kappa shape index (κ3) is 4.18. The van der Waals surface area contributed by atoms with Crippen LogP contribution in [0.1, 0.15) is 6.92 Å². The number of amides is 1. The van der Waals surface area contributed by atoms with E-state index in [1.54, 1.807) is 24.3 Å². The molecule has 1 aromatic rings. The first kappa shape index (κ1) is 14.8. The zero-order valence-corrected chi connectivity index (χ0v) is 10.8. The van der Waals surface area contributed by atoms with Gasteiger partial charge in [0.15, 0.2) is 6.61 Å². The molecule has 0 fully saturated rings. The fourth-order valence-corrected chi connectivity index (χ4v) is 1.40. The summed E-state index contributed by atoms with van der Waals surface area (Å²) in [6, 6.07) is 6.79. The quantitative estimate of drug-likeness (QED) is 0.708. The Balaban J connectivity index is 2.50. The van der Waals surface area contributed by atoms with E-state index in [9.17, 15) is 4.79 Å². The van der Waals surface area contributed by atoms with Crippen LogP contribution >= 0.6 is 11.6 Å². The van der Waals surface area contributed by atoms with Crippen LogP contribution in [-0.4, -0.2) is 41.5 Å². The second-order valence-electron chi connectivity index (χ2n) is 4.14. The van der Waals surface area contributed by atoms with Gasteiger partial charge in [-0.2, -0.15) is 0 Å². The molecular formula is C12H16ClNO4. The van der Waals surface area contributed by atoms with Crippen molar-refractivity contribution in [2.45, 2.75) is 12.5 Å². The second kappa shape index (κ2) is 6.58. The standard InChI is InChI=1S/C12H16ClNO4/c1-12(7-15,8-16)14-11(17)6-18-10-5-3-2-4-9(10)13/h2-5,15-16H,6-8H2,1H3,(H,14,17). The molecule has 0 atom stereocenters. The predicted molar refractivity (Wildman–Crippen MR) is 67.7 cm³/mol. The summed E-state index contributed by atoms with van der Waals surface area (Å²) in [7, 11) is 0. The van der Waals surface area contributed by atoms with E-state index in [0.717, 1.165) is 0 Å². The van der Waals surface area contributed by atoms with Crippen molar-refractivity contribution in [3.8, 4) is 5.75 Å². The minimum atomic E-state index is -1.05. The Morgan fingerprint density at radius 2 is 2.00 bits per heavy atom. The van der Waals surface area contributed by atoms with Gasteiger partial charge in [0.05, 0.1) is 23.8 Å². The smallest absolute Gasteiger partial charge is 0.258 e. The number of aliphatic hydroxyl groups excluding tert-OH is 2. The summed E-state index contributed by atoms with van der Waals surface area (Å²) in [5.41, 5.74) is -1.05. The average Bonchev–Trinajstić information content (AvgIpc) is 2.37. The van der Waals surface area contributed by atoms with Gasteiger partial charge in [0.25, 0.3) is 5.91 Å². The molecule has 3 N–H and O–H groups in total. The van der Waals surface area contributed by atoms with Crippen molar-refractivity contribution >= 4 is 17.5 Å². The lowest BCUT2D eigenvalue weighted by Gasteiger charge is -2.26. The van der Waals surface area contributed by atoms with Crippen LogP contribution in [0.25, 0.3) is 0 Å². The molecule has 1 amide bonds. The first-order valence-electron chi connectivity index (χ1n) is 5.41. The summed E-state index contributed by atoms with van der Waals surface area (Å²) in [5.74, 6) is -0.0375. The molecule has 18 heavy (non-hydrogen) atoms. The van der Waals surface area contributed by atoms with E-state index in [0.29, 0.717) is 10.8 Å². The van der Waals surface area contributed by atoms with Gasteiger partial charge in [-0.1, -0.05) is 23.7 Å². The molecule has 0 aromatic heterocycles. The molecular weight excluding hydrogens is 258 g/mol. The minimum Gasteiger partial charge on any atom is -0.482 e. The highest BCUT2D eigenvalue weighted by atomic mass is 35.5. The van der Waals surface area contributed by atoms with Crippen molar-refractivity contribution in [3.63, 3.8) is 0 Å². The van der Waals surface area contributed by atoms with Crippen molar-refractivity contribution in [3.05, 3.63) is 29.3 Å². The van der Waals surface area contributed by atoms with Crippen molar-refractivity contribution in [2.24, 2.45) is 0 Å². The number of carbonyl (C=O) groups is 1. The highest BCUT2D eigenvalue weighted by Gasteiger charge is 2.24. The van der Waals surface area contributed by atoms with Crippen LogP contribution in [0.2, 0.25) is 5.02 Å². The highest BCUT2D eigenvalue weighted by molar-refractivity contribution is 6.32. The summed E-state index contributed by atoms with van der Waals surface area (Å²) in [4.78, 5) is 11.6. The molecule has 0 saturated heterocycles. The lowest BCUT2D eigenvalue weighted by Crippen LogP contribution is -2.53. The van der Waals surface area contributed by atoms with Gasteiger partial charge in [-0.25, -0.2) is 0 Å². The Morgan fingerprint density at radius 1 is 1.39 bits per heavy atom. The van der Waals surface area contributed by atoms with Crippen molar-refractivity contribution in [2.75, 3.05) is 19.8 Å². The van der Waals surface area contributed by atoms with E-state index in [2.05, 4.69) is 5.32 Å². The van der Waals surface area contributed by atoms with Crippen molar-refractivity contribution in [1.82, 2.24) is 5.32 Å². The van der Waals surface area contributed by atoms with E-state index >= 15 is 0 Å². The highest BCUT2D eigenvalue weighted by Crippen LogP contribution is 2.22. The zero-order valence-electron chi connectivity index (χ0n) is 10.0. The van der Waals surface area contributed by atoms with Gasteiger partial charge in [-0.05, 0) is 19.1 Å². The number of halogens is 1. The molecule has 0 aliphatic carbocycles. The van der Waals surface area contributed by atoms with Crippen LogP contribution < -0.4 is 10.1 Å². The molecule has 5 nitrogen and oxygen atoms in total. The number of aliphatic hydroxyl groups is 2. The predicted octanol–water partition coefficient (Wildman–Crippen LogP) is 0.578. The van der Waals surface area contributed by atoms with E-state index in [1.807, 2.05) is 0 Å². The largest absolute Gasteiger partial charge is 0.482 e. The molecule has 0 radical (unpaired) electrons. The maximum atomic E-state index is 11.6. The SMILES string of the molecule is CC(CO)(CO)NC(=O)COc1ccccc1Cl. The number of para-hydroxylation sites is 1. The van der Waals surface area contributed by atoms with E-state index < -0.39 is 11.4 Å². The molecule has 0 aliphatic rings. The summed E-state index contributed by atoms with van der Waals surface area (Å²) in [5, 5.41) is 20.9. The summed E-state index contributed by atoms with van der Waals surface area (Å²) in [6.45, 7) is 0.572. The fourth-order valence-electron chi connectivity index (χ4n) is 1.21. The molecule has 100 valence electrons. The molecule has 1 aromatic carbocycles. The number of ether oxygens (including phenoxy) is 1. The average molecular weight is 274 g/mol. The van der Waals surface area contributed by atoms with Crippen molar-refractivity contribution < 1.29 is 19.7 Å². The summed E-state index contributed by atoms with van der Waals surface area (Å²) >= 11 is 5.86. The Morgan fingerprint density at radius 3 is 2.56 bits per heavy atom. The molecule has 1 rings (SSSR count). The molecule has 6 heteroatoms. The number of nitrogens with one attached hydrogen (secondary N) is 1. The first-order valence-corrected chi connectivity index (χ1v) is 5.78. The maximum Gasteiger partial charge on any atom is 0.258 e. The molecule has 0 spiro atoms. The van der Waals surface area contributed by atoms with E-state index in [1.165, 1.54) is 6.92 Å². The lowest BCUT2D eigenvalue weighted by molar-refractivity contribution is -0.126. The van der Waals surface area contributed by atoms with Crippen LogP contribution in [0.3, 0.4) is 0 Å². The number of hydrogen-bond donors (Lipinski definition) is 3. The normalized spacial score (nSPS) is 11.1. The summed E-state index contributed by atoms with van der Waals surface area (Å²) < 4.78 is 5.23. The molecule has 0 saturated carbocycles. The van der Waals surface area contributed by atoms with Crippen molar-refractivity contribution in [1.29, 1.82) is 0 Å². The van der Waals surface area contributed by atoms with E-state index in [4.69, 9.17) is 26.6 Å². The topological polar surface area (TPSA) is 78.8 Å². The first-order chi connectivity index (χ1) is 8.50. The monoisotopic (exact) mass is 273 g/mol. The van der Waals surface area contributed by atoms with Gasteiger partial charge in [-0.15, -0.1) is 0 Å². The maximum absolute atomic E-state index is 11.6. The molecule has 0 aliphatic heterocycles. The molecule has 0 bridgehead atoms. The minimum absolute atomic E-state index is 0.237. The Labute approximate surface area is 110 Å². The van der Waals surface area contributed by atoms with E-state index in [-0.39, 0.29) is 19.8 Å². The van der Waals surface area contributed by atoms with Crippen LogP contribution in [0.5, 0.6) is 5.75 Å². The number of hydrogen-bond acceptors (Lipinski definition) is 4. The lowest BCUT2D eigenvalue weighted by atomic mass is 10.1. The zero-order chi connectivity index (χ0) is 13.6. The van der Waals surface area contributed by atoms with Gasteiger partial charge in [0.2, 0.25) is 0 Å². The Hall–Kier alpha value is -1.30. The summed E-state index contributed by atoms with van der Waals surface area (Å²) in [6.07, 6.45) is 0. The Bertz CT molecular complexity index is 407. The van der Waals surface area contributed by atoms with Crippen LogP contribution in [0.4, 0.5) is 0 Å². The Kier molecular flexibility index (Phi) is 5.40. The number of rotatable bonds is 6. The van der Waals surface area contributed by atoms with Gasteiger partial charge < -0.3 is 20.3 Å². The van der Waals surface area contributed by atoms with Gasteiger partial charge in [-0.3, -0.25) is 4.79 Å². The van der Waals surface area contributed by atoms with Gasteiger partial charge >= 0.3 is 0 Å². The molecule has 0 heterocycles. The fraction of sp³-hybridized carbons (Fsp3) is 0.417. The number of carbonyl (C=O) groups excluding carboxylic acids is 1.